The lowest BCUT2D eigenvalue weighted by Gasteiger charge is -2.16. The smallest absolute Gasteiger partial charge is 0.0795 e. The SMILES string of the molecule is C=CC(N)SC(CC(=C)N)c1cscn1. The van der Waals surface area contributed by atoms with Crippen molar-refractivity contribution in [2.75, 3.05) is 0 Å². The van der Waals surface area contributed by atoms with Crippen LogP contribution in [0.5, 0.6) is 0 Å². The van der Waals surface area contributed by atoms with Crippen molar-refractivity contribution < 1.29 is 0 Å². The third kappa shape index (κ3) is 4.07. The number of thioether (sulfide) groups is 1. The first-order valence-electron chi connectivity index (χ1n) is 4.48. The van der Waals surface area contributed by atoms with E-state index in [9.17, 15) is 0 Å². The van der Waals surface area contributed by atoms with Gasteiger partial charge in [-0.15, -0.1) is 29.7 Å². The molecule has 4 N–H and O–H groups in total. The first-order valence-corrected chi connectivity index (χ1v) is 6.37. The zero-order valence-corrected chi connectivity index (χ0v) is 10.1. The maximum absolute atomic E-state index is 5.81. The van der Waals surface area contributed by atoms with Crippen molar-refractivity contribution in [1.29, 1.82) is 0 Å². The predicted molar refractivity (Wildman–Crippen MR) is 68.6 cm³/mol. The summed E-state index contributed by atoms with van der Waals surface area (Å²) in [5.41, 5.74) is 14.9. The van der Waals surface area contributed by atoms with Gasteiger partial charge in [-0.2, -0.15) is 0 Å². The van der Waals surface area contributed by atoms with Gasteiger partial charge in [0.1, 0.15) is 0 Å². The molecule has 3 nitrogen and oxygen atoms in total. The van der Waals surface area contributed by atoms with E-state index in [1.807, 2.05) is 10.9 Å². The van der Waals surface area contributed by atoms with Crippen LogP contribution in [0.15, 0.2) is 35.8 Å². The average molecular weight is 241 g/mol. The number of hydrogen-bond acceptors (Lipinski definition) is 5. The van der Waals surface area contributed by atoms with Crippen LogP contribution in [0.1, 0.15) is 17.4 Å². The molecule has 0 bridgehead atoms. The predicted octanol–water partition coefficient (Wildman–Crippen LogP) is 2.25. The van der Waals surface area contributed by atoms with Crippen LogP contribution in [0.2, 0.25) is 0 Å². The van der Waals surface area contributed by atoms with Crippen LogP contribution >= 0.6 is 23.1 Å². The van der Waals surface area contributed by atoms with Crippen LogP contribution in [0.3, 0.4) is 0 Å². The number of hydrogen-bond donors (Lipinski definition) is 2. The quantitative estimate of drug-likeness (QED) is 0.592. The van der Waals surface area contributed by atoms with Gasteiger partial charge in [-0.1, -0.05) is 12.7 Å². The van der Waals surface area contributed by atoms with Crippen molar-refractivity contribution in [2.45, 2.75) is 17.0 Å². The molecule has 1 rings (SSSR count). The summed E-state index contributed by atoms with van der Waals surface area (Å²) in [5, 5.41) is 2.08. The van der Waals surface area contributed by atoms with Crippen LogP contribution in [0.25, 0.3) is 0 Å². The van der Waals surface area contributed by atoms with Gasteiger partial charge in [-0.3, -0.25) is 0 Å². The van der Waals surface area contributed by atoms with Crippen molar-refractivity contribution in [2.24, 2.45) is 11.5 Å². The molecule has 0 radical (unpaired) electrons. The minimum atomic E-state index is -0.101. The van der Waals surface area contributed by atoms with E-state index in [4.69, 9.17) is 11.5 Å². The van der Waals surface area contributed by atoms with Crippen LogP contribution in [0.4, 0.5) is 0 Å². The molecule has 2 atom stereocenters. The van der Waals surface area contributed by atoms with Crippen molar-refractivity contribution >= 4 is 23.1 Å². The number of aromatic nitrogens is 1. The standard InChI is InChI=1S/C10H15N3S2/c1-3-10(12)15-9(4-7(2)11)8-5-14-6-13-8/h3,5-6,9-10H,1-2,4,11-12H2. The summed E-state index contributed by atoms with van der Waals surface area (Å²) in [7, 11) is 0. The Balaban J connectivity index is 2.69. The Morgan fingerprint density at radius 3 is 2.93 bits per heavy atom. The zero-order chi connectivity index (χ0) is 11.3. The summed E-state index contributed by atoms with van der Waals surface area (Å²) in [6, 6.07) is 0. The summed E-state index contributed by atoms with van der Waals surface area (Å²) in [4.78, 5) is 4.27. The first-order chi connectivity index (χ1) is 7.13. The molecule has 15 heavy (non-hydrogen) atoms. The molecule has 0 saturated carbocycles. The summed E-state index contributed by atoms with van der Waals surface area (Å²) >= 11 is 3.16. The van der Waals surface area contributed by atoms with Crippen molar-refractivity contribution in [3.8, 4) is 0 Å². The van der Waals surface area contributed by atoms with Crippen LogP contribution in [-0.4, -0.2) is 10.4 Å². The summed E-state index contributed by atoms with van der Waals surface area (Å²) < 4.78 is 0. The molecule has 0 aliphatic carbocycles. The fourth-order valence-corrected chi connectivity index (χ4v) is 2.85. The van der Waals surface area contributed by atoms with Crippen molar-refractivity contribution in [3.05, 3.63) is 41.5 Å². The largest absolute Gasteiger partial charge is 0.402 e. The minimum absolute atomic E-state index is 0.101. The summed E-state index contributed by atoms with van der Waals surface area (Å²) in [6.07, 6.45) is 2.40. The third-order valence-corrected chi connectivity index (χ3v) is 3.63. The number of nitrogens with zero attached hydrogens (tertiary/aromatic N) is 1. The molecule has 2 unspecified atom stereocenters. The molecule has 0 saturated heterocycles. The van der Waals surface area contributed by atoms with Crippen LogP contribution < -0.4 is 11.5 Å². The highest BCUT2D eigenvalue weighted by Crippen LogP contribution is 2.34. The number of rotatable bonds is 6. The molecule has 0 spiro atoms. The van der Waals surface area contributed by atoms with Gasteiger partial charge < -0.3 is 11.5 Å². The molecule has 0 fully saturated rings. The van der Waals surface area contributed by atoms with E-state index in [2.05, 4.69) is 18.1 Å². The van der Waals surface area contributed by atoms with Crippen LogP contribution in [-0.2, 0) is 0 Å². The maximum Gasteiger partial charge on any atom is 0.0795 e. The Morgan fingerprint density at radius 1 is 1.73 bits per heavy atom. The Hall–Kier alpha value is -0.780. The van der Waals surface area contributed by atoms with E-state index in [0.717, 1.165) is 5.69 Å². The Kier molecular flexibility index (Phi) is 4.87. The second-order valence-electron chi connectivity index (χ2n) is 3.10. The molecule has 0 aliphatic heterocycles. The van der Waals surface area contributed by atoms with E-state index in [1.165, 1.54) is 0 Å². The molecule has 5 heteroatoms. The molecule has 1 aromatic heterocycles. The van der Waals surface area contributed by atoms with Gasteiger partial charge in [-0.25, -0.2) is 4.98 Å². The fourth-order valence-electron chi connectivity index (χ4n) is 1.09. The first kappa shape index (κ1) is 12.3. The molecule has 0 aliphatic rings. The molecule has 82 valence electrons. The Labute approximate surface area is 98.3 Å². The van der Waals surface area contributed by atoms with E-state index >= 15 is 0 Å². The third-order valence-electron chi connectivity index (χ3n) is 1.78. The average Bonchev–Trinajstić information content (AvgIpc) is 2.68. The van der Waals surface area contributed by atoms with Gasteiger partial charge in [0.2, 0.25) is 0 Å². The molecular formula is C10H15N3S2. The van der Waals surface area contributed by atoms with Gasteiger partial charge >= 0.3 is 0 Å². The minimum Gasteiger partial charge on any atom is -0.402 e. The van der Waals surface area contributed by atoms with E-state index in [0.29, 0.717) is 12.1 Å². The molecule has 0 aromatic carbocycles. The topological polar surface area (TPSA) is 64.9 Å². The molecule has 1 heterocycles. The zero-order valence-electron chi connectivity index (χ0n) is 8.43. The van der Waals surface area contributed by atoms with Gasteiger partial charge in [0.15, 0.2) is 0 Å². The van der Waals surface area contributed by atoms with E-state index in [1.54, 1.807) is 29.2 Å². The monoisotopic (exact) mass is 241 g/mol. The Bertz CT molecular complexity index is 321. The number of thiazole rings is 1. The lowest BCUT2D eigenvalue weighted by molar-refractivity contribution is 0.873. The summed E-state index contributed by atoms with van der Waals surface area (Å²) in [6.45, 7) is 7.37. The van der Waals surface area contributed by atoms with Crippen molar-refractivity contribution in [1.82, 2.24) is 4.98 Å². The van der Waals surface area contributed by atoms with Gasteiger partial charge in [-0.05, 0) is 0 Å². The van der Waals surface area contributed by atoms with E-state index in [-0.39, 0.29) is 10.6 Å². The van der Waals surface area contributed by atoms with Crippen molar-refractivity contribution in [3.63, 3.8) is 0 Å². The lowest BCUT2D eigenvalue weighted by Crippen LogP contribution is -2.15. The van der Waals surface area contributed by atoms with Gasteiger partial charge in [0.05, 0.1) is 21.8 Å². The second kappa shape index (κ2) is 5.95. The molecule has 1 aromatic rings. The van der Waals surface area contributed by atoms with Crippen LogP contribution in [0, 0.1) is 0 Å². The highest BCUT2D eigenvalue weighted by Gasteiger charge is 2.17. The summed E-state index contributed by atoms with van der Waals surface area (Å²) in [5.74, 6) is 0. The molecule has 0 amide bonds. The second-order valence-corrected chi connectivity index (χ2v) is 5.20. The highest BCUT2D eigenvalue weighted by molar-refractivity contribution is 8.00. The van der Waals surface area contributed by atoms with Gasteiger partial charge in [0.25, 0.3) is 0 Å². The fraction of sp³-hybridized carbons (Fsp3) is 0.300. The van der Waals surface area contributed by atoms with E-state index < -0.39 is 0 Å². The number of allylic oxidation sites excluding steroid dienone is 1. The maximum atomic E-state index is 5.81. The highest BCUT2D eigenvalue weighted by atomic mass is 32.2. The van der Waals surface area contributed by atoms with Gasteiger partial charge in [0, 0.05) is 17.5 Å². The Morgan fingerprint density at radius 2 is 2.47 bits per heavy atom. The normalized spacial score (nSPS) is 14.5. The molecular weight excluding hydrogens is 226 g/mol. The number of nitrogens with two attached hydrogens (primary N) is 2. The lowest BCUT2D eigenvalue weighted by atomic mass is 10.2.